The third-order valence-corrected chi connectivity index (χ3v) is 11.0. The molecule has 1 aliphatic carbocycles. The van der Waals surface area contributed by atoms with Crippen LogP contribution >= 0.6 is 11.3 Å². The van der Waals surface area contributed by atoms with Crippen LogP contribution in [0, 0.1) is 5.92 Å². The van der Waals surface area contributed by atoms with Crippen LogP contribution in [-0.4, -0.2) is 63.0 Å². The van der Waals surface area contributed by atoms with Gasteiger partial charge in [0.15, 0.2) is 0 Å². The average molecular weight is 651 g/mol. The van der Waals surface area contributed by atoms with Crippen molar-refractivity contribution in [1.29, 1.82) is 0 Å². The van der Waals surface area contributed by atoms with Crippen molar-refractivity contribution in [2.75, 3.05) is 26.3 Å². The number of fused-ring (bicyclic) bond motifs is 1. The zero-order valence-corrected chi connectivity index (χ0v) is 27.0. The van der Waals surface area contributed by atoms with Gasteiger partial charge in [-0.15, -0.1) is 11.3 Å². The number of carbonyl (C=O) groups excluding carboxylic acids is 1. The predicted octanol–water partition coefficient (Wildman–Crippen LogP) is 6.12. The molecule has 0 radical (unpaired) electrons. The van der Waals surface area contributed by atoms with Crippen LogP contribution < -0.4 is 5.43 Å². The molecule has 7 rings (SSSR count). The highest BCUT2D eigenvalue weighted by atomic mass is 32.1. The maximum Gasteiger partial charge on any atom is 0.341 e. The van der Waals surface area contributed by atoms with Crippen LogP contribution in [0.5, 0.6) is 0 Å². The fraction of sp³-hybridized carbons (Fsp3) is 0.351. The number of ether oxygens (including phenoxy) is 1. The lowest BCUT2D eigenvalue weighted by atomic mass is 9.71. The number of thiophene rings is 1. The fourth-order valence-corrected chi connectivity index (χ4v) is 8.57. The number of carbonyl (C=O) groups is 2. The number of nitrogens with zero attached hydrogens (tertiary/aromatic N) is 3. The number of nitrogens with one attached hydrogen (secondary N) is 1. The summed E-state index contributed by atoms with van der Waals surface area (Å²) in [4.78, 5) is 44.0. The maximum absolute atomic E-state index is 14.7. The molecular formula is C37H38N4O5S. The zero-order chi connectivity index (χ0) is 32.4. The molecule has 5 aromatic rings. The summed E-state index contributed by atoms with van der Waals surface area (Å²) >= 11 is 1.45. The molecule has 3 aromatic heterocycles. The van der Waals surface area contributed by atoms with Gasteiger partial charge < -0.3 is 19.3 Å². The number of amides is 1. The Bertz CT molecular complexity index is 1960. The Morgan fingerprint density at radius 1 is 1.02 bits per heavy atom. The fourth-order valence-electron chi connectivity index (χ4n) is 7.31. The first-order chi connectivity index (χ1) is 22.9. The highest BCUT2D eigenvalue weighted by molar-refractivity contribution is 7.15. The molecule has 4 heterocycles. The van der Waals surface area contributed by atoms with E-state index in [1.54, 1.807) is 10.8 Å². The molecule has 47 heavy (non-hydrogen) atoms. The van der Waals surface area contributed by atoms with Crippen LogP contribution in [0.1, 0.15) is 58.5 Å². The van der Waals surface area contributed by atoms with Gasteiger partial charge in [0.1, 0.15) is 5.56 Å². The summed E-state index contributed by atoms with van der Waals surface area (Å²) < 4.78 is 7.80. The van der Waals surface area contributed by atoms with E-state index in [1.807, 2.05) is 65.7 Å². The number of benzene rings is 2. The van der Waals surface area contributed by atoms with Gasteiger partial charge in [0.05, 0.1) is 35.9 Å². The number of pyridine rings is 1. The molecule has 1 unspecified atom stereocenters. The molecule has 242 valence electrons. The van der Waals surface area contributed by atoms with Crippen LogP contribution in [0.3, 0.4) is 0 Å². The molecule has 1 amide bonds. The van der Waals surface area contributed by atoms with Crippen molar-refractivity contribution in [2.45, 2.75) is 50.5 Å². The number of carboxylic acid groups (broad SMARTS) is 1. The molecule has 2 fully saturated rings. The number of H-pyrrole nitrogens is 1. The summed E-state index contributed by atoms with van der Waals surface area (Å²) in [5, 5.41) is 18.3. The van der Waals surface area contributed by atoms with Crippen molar-refractivity contribution in [3.63, 3.8) is 0 Å². The standard InChI is InChI=1S/C37H38N4O5S/c42-34-29(22-40(23-30(34)35(43)44)20-25-8-3-1-4-9-25)32-12-13-33(47-32)37(14-5-2-6-15-37)36(45)41-16-17-46-24-26(21-41)18-27-10-7-11-31-28(27)19-38-39-31/h1,3-4,7-13,19,22-23,26H,2,5-6,14-18,20-21,24H2,(H,38,39)(H,43,44). The molecule has 0 spiro atoms. The molecule has 2 aromatic carbocycles. The van der Waals surface area contributed by atoms with Crippen molar-refractivity contribution >= 4 is 34.1 Å². The van der Waals surface area contributed by atoms with Gasteiger partial charge in [-0.25, -0.2) is 4.79 Å². The lowest BCUT2D eigenvalue weighted by Gasteiger charge is -2.39. The highest BCUT2D eigenvalue weighted by Crippen LogP contribution is 2.45. The number of hydrogen-bond acceptors (Lipinski definition) is 6. The van der Waals surface area contributed by atoms with Crippen molar-refractivity contribution < 1.29 is 19.4 Å². The van der Waals surface area contributed by atoms with E-state index in [0.717, 1.165) is 59.9 Å². The molecule has 2 N–H and O–H groups in total. The van der Waals surface area contributed by atoms with Gasteiger partial charge in [0.25, 0.3) is 0 Å². The molecule has 1 saturated heterocycles. The van der Waals surface area contributed by atoms with E-state index >= 15 is 0 Å². The molecule has 10 heteroatoms. The Balaban J connectivity index is 1.19. The topological polar surface area (TPSA) is 118 Å². The second-order valence-corrected chi connectivity index (χ2v) is 13.9. The first-order valence-electron chi connectivity index (χ1n) is 16.3. The summed E-state index contributed by atoms with van der Waals surface area (Å²) in [7, 11) is 0. The molecule has 1 atom stereocenters. The third-order valence-electron chi connectivity index (χ3n) is 9.69. The Kier molecular flexibility index (Phi) is 8.79. The second-order valence-electron chi connectivity index (χ2n) is 12.8. The summed E-state index contributed by atoms with van der Waals surface area (Å²) in [6, 6.07) is 19.8. The van der Waals surface area contributed by atoms with Gasteiger partial charge in [0.2, 0.25) is 11.3 Å². The maximum atomic E-state index is 14.7. The van der Waals surface area contributed by atoms with Gasteiger partial charge in [-0.2, -0.15) is 5.10 Å². The van der Waals surface area contributed by atoms with Crippen molar-refractivity contribution in [1.82, 2.24) is 19.7 Å². The minimum Gasteiger partial charge on any atom is -0.477 e. The van der Waals surface area contributed by atoms with Crippen LogP contribution in [0.25, 0.3) is 21.3 Å². The summed E-state index contributed by atoms with van der Waals surface area (Å²) in [5.41, 5.74) is 2.06. The lowest BCUT2D eigenvalue weighted by molar-refractivity contribution is -0.139. The molecule has 9 nitrogen and oxygen atoms in total. The minimum absolute atomic E-state index is 0.128. The van der Waals surface area contributed by atoms with Crippen LogP contribution in [-0.2, 0) is 27.9 Å². The van der Waals surface area contributed by atoms with E-state index in [-0.39, 0.29) is 17.4 Å². The van der Waals surface area contributed by atoms with E-state index in [1.165, 1.54) is 23.1 Å². The number of carboxylic acids is 1. The third kappa shape index (κ3) is 6.27. The average Bonchev–Trinajstić information content (AvgIpc) is 3.73. The number of hydrogen-bond donors (Lipinski definition) is 2. The van der Waals surface area contributed by atoms with E-state index in [0.29, 0.717) is 43.3 Å². The van der Waals surface area contributed by atoms with Gasteiger partial charge in [-0.1, -0.05) is 61.7 Å². The number of rotatable bonds is 8. The van der Waals surface area contributed by atoms with Crippen LogP contribution in [0.15, 0.2) is 84.0 Å². The smallest absolute Gasteiger partial charge is 0.341 e. The monoisotopic (exact) mass is 650 g/mol. The minimum atomic E-state index is -1.25. The van der Waals surface area contributed by atoms with Gasteiger partial charge in [-0.05, 0) is 48.6 Å². The summed E-state index contributed by atoms with van der Waals surface area (Å²) in [5.74, 6) is -0.983. The van der Waals surface area contributed by atoms with Crippen molar-refractivity contribution in [2.24, 2.45) is 5.92 Å². The van der Waals surface area contributed by atoms with Gasteiger partial charge >= 0.3 is 5.97 Å². The number of aromatic amines is 1. The first kappa shape index (κ1) is 31.1. The summed E-state index contributed by atoms with van der Waals surface area (Å²) in [6.07, 6.45) is 10.3. The molecule has 2 aliphatic rings. The summed E-state index contributed by atoms with van der Waals surface area (Å²) in [6.45, 7) is 2.66. The van der Waals surface area contributed by atoms with E-state index in [4.69, 9.17) is 4.74 Å². The quantitative estimate of drug-likeness (QED) is 0.209. The highest BCUT2D eigenvalue weighted by Gasteiger charge is 2.45. The van der Waals surface area contributed by atoms with E-state index < -0.39 is 16.8 Å². The Morgan fingerprint density at radius 2 is 1.85 bits per heavy atom. The van der Waals surface area contributed by atoms with Crippen LogP contribution in [0.4, 0.5) is 0 Å². The molecule has 0 bridgehead atoms. The molecule has 1 saturated carbocycles. The largest absolute Gasteiger partial charge is 0.477 e. The lowest BCUT2D eigenvalue weighted by Crippen LogP contribution is -2.49. The van der Waals surface area contributed by atoms with E-state index in [9.17, 15) is 19.5 Å². The number of aromatic carboxylic acids is 1. The normalized spacial score (nSPS) is 18.2. The zero-order valence-electron chi connectivity index (χ0n) is 26.2. The molecule has 1 aliphatic heterocycles. The van der Waals surface area contributed by atoms with Crippen molar-refractivity contribution in [3.05, 3.63) is 111 Å². The second kappa shape index (κ2) is 13.3. The predicted molar refractivity (Wildman–Crippen MR) is 182 cm³/mol. The van der Waals surface area contributed by atoms with Crippen molar-refractivity contribution in [3.8, 4) is 10.4 Å². The van der Waals surface area contributed by atoms with E-state index in [2.05, 4.69) is 16.3 Å². The number of aromatic nitrogens is 3. The Labute approximate surface area is 276 Å². The Morgan fingerprint density at radius 3 is 2.66 bits per heavy atom. The van der Waals surface area contributed by atoms with Gasteiger partial charge in [-0.3, -0.25) is 14.7 Å². The van der Waals surface area contributed by atoms with Gasteiger partial charge in [0, 0.05) is 53.1 Å². The Hall–Kier alpha value is -4.54. The van der Waals surface area contributed by atoms with Crippen LogP contribution in [0.2, 0.25) is 0 Å². The first-order valence-corrected chi connectivity index (χ1v) is 17.1. The molecular weight excluding hydrogens is 612 g/mol. The SMILES string of the molecule is O=C(O)c1cn(Cc2ccccc2)cc(-c2ccc(C3(C(=O)N4CCOCC(Cc5cccc6[nH]ncc56)C4)CCCCC3)s2)c1=O.